The molecule has 1 aliphatic rings. The average Bonchev–Trinajstić information content (AvgIpc) is 2.95. The zero-order valence-electron chi connectivity index (χ0n) is 13.2. The van der Waals surface area contributed by atoms with Crippen LogP contribution in [0, 0.1) is 13.8 Å². The van der Waals surface area contributed by atoms with Gasteiger partial charge in [-0.25, -0.2) is 9.97 Å². The molecule has 2 aromatic heterocycles. The summed E-state index contributed by atoms with van der Waals surface area (Å²) in [5.74, 6) is 2.27. The molecule has 0 aliphatic carbocycles. The first-order valence-corrected chi connectivity index (χ1v) is 7.87. The van der Waals surface area contributed by atoms with Gasteiger partial charge in [0.25, 0.3) is 0 Å². The Hall–Kier alpha value is -1.95. The molecule has 0 bridgehead atoms. The van der Waals surface area contributed by atoms with Gasteiger partial charge in [-0.2, -0.15) is 5.10 Å². The van der Waals surface area contributed by atoms with Crippen LogP contribution in [0.1, 0.15) is 36.0 Å². The number of hydrogen-bond acceptors (Lipinski definition) is 5. The fourth-order valence-electron chi connectivity index (χ4n) is 3.26. The van der Waals surface area contributed by atoms with Crippen molar-refractivity contribution in [2.24, 2.45) is 0 Å². The van der Waals surface area contributed by atoms with Crippen LogP contribution in [0.15, 0.2) is 18.3 Å². The molecule has 6 nitrogen and oxygen atoms in total. The third-order valence-corrected chi connectivity index (χ3v) is 4.18. The first-order chi connectivity index (χ1) is 10.7. The zero-order chi connectivity index (χ0) is 15.5. The van der Waals surface area contributed by atoms with Crippen LogP contribution in [-0.2, 0) is 6.54 Å². The Morgan fingerprint density at radius 1 is 1.32 bits per heavy atom. The Morgan fingerprint density at radius 3 is 2.95 bits per heavy atom. The van der Waals surface area contributed by atoms with Crippen LogP contribution in [-0.4, -0.2) is 44.6 Å². The predicted octanol–water partition coefficient (Wildman–Crippen LogP) is 1.67. The zero-order valence-corrected chi connectivity index (χ0v) is 13.2. The van der Waals surface area contributed by atoms with Gasteiger partial charge in [0.15, 0.2) is 0 Å². The van der Waals surface area contributed by atoms with Crippen molar-refractivity contribution in [3.63, 3.8) is 0 Å². The first-order valence-electron chi connectivity index (χ1n) is 7.87. The first kappa shape index (κ1) is 15.0. The van der Waals surface area contributed by atoms with Crippen molar-refractivity contribution >= 4 is 5.82 Å². The number of rotatable bonds is 4. The van der Waals surface area contributed by atoms with E-state index < -0.39 is 0 Å². The number of anilines is 1. The predicted molar refractivity (Wildman–Crippen MR) is 85.0 cm³/mol. The fraction of sp³-hybridized carbons (Fsp3) is 0.562. The van der Waals surface area contributed by atoms with E-state index in [2.05, 4.69) is 32.1 Å². The van der Waals surface area contributed by atoms with Crippen LogP contribution in [0.5, 0.6) is 0 Å². The lowest BCUT2D eigenvalue weighted by molar-refractivity contribution is 0.265. The average molecular weight is 301 g/mol. The van der Waals surface area contributed by atoms with E-state index in [9.17, 15) is 0 Å². The van der Waals surface area contributed by atoms with E-state index in [1.165, 1.54) is 5.69 Å². The minimum atomic E-state index is 0.120. The highest BCUT2D eigenvalue weighted by Crippen LogP contribution is 2.29. The van der Waals surface area contributed by atoms with Crippen molar-refractivity contribution in [1.29, 1.82) is 0 Å². The van der Waals surface area contributed by atoms with E-state index in [1.807, 2.05) is 24.7 Å². The summed E-state index contributed by atoms with van der Waals surface area (Å²) in [7, 11) is 0. The fourth-order valence-corrected chi connectivity index (χ4v) is 3.26. The molecule has 1 N–H and O–H groups in total. The van der Waals surface area contributed by atoms with Gasteiger partial charge in [0.1, 0.15) is 11.6 Å². The molecule has 1 aliphatic heterocycles. The number of aromatic nitrogens is 4. The normalized spacial score (nSPS) is 18.7. The summed E-state index contributed by atoms with van der Waals surface area (Å²) in [5.41, 5.74) is 2.22. The molecular formula is C16H23N5O. The monoisotopic (exact) mass is 301 g/mol. The minimum absolute atomic E-state index is 0.120. The summed E-state index contributed by atoms with van der Waals surface area (Å²) in [4.78, 5) is 11.3. The quantitative estimate of drug-likeness (QED) is 0.930. The molecule has 1 unspecified atom stereocenters. The van der Waals surface area contributed by atoms with Gasteiger partial charge in [-0.05, 0) is 32.8 Å². The van der Waals surface area contributed by atoms with Crippen molar-refractivity contribution < 1.29 is 5.11 Å². The van der Waals surface area contributed by atoms with E-state index in [0.717, 1.165) is 43.3 Å². The third kappa shape index (κ3) is 3.11. The minimum Gasteiger partial charge on any atom is -0.394 e. The molecule has 22 heavy (non-hydrogen) atoms. The van der Waals surface area contributed by atoms with Crippen molar-refractivity contribution in [3.05, 3.63) is 35.5 Å². The second-order valence-electron chi connectivity index (χ2n) is 5.90. The van der Waals surface area contributed by atoms with Crippen LogP contribution < -0.4 is 4.90 Å². The lowest BCUT2D eigenvalue weighted by Gasteiger charge is -2.34. The number of hydrogen-bond donors (Lipinski definition) is 1. The highest BCUT2D eigenvalue weighted by Gasteiger charge is 2.25. The van der Waals surface area contributed by atoms with Crippen LogP contribution in [0.25, 0.3) is 0 Å². The summed E-state index contributed by atoms with van der Waals surface area (Å²) in [5, 5.41) is 13.5. The van der Waals surface area contributed by atoms with E-state index in [0.29, 0.717) is 12.5 Å². The Morgan fingerprint density at radius 2 is 2.18 bits per heavy atom. The molecule has 0 radical (unpaired) electrons. The Kier molecular flexibility index (Phi) is 4.38. The van der Waals surface area contributed by atoms with E-state index in [4.69, 9.17) is 5.11 Å². The van der Waals surface area contributed by atoms with Crippen LogP contribution in [0.3, 0.4) is 0 Å². The summed E-state index contributed by atoms with van der Waals surface area (Å²) in [6, 6.07) is 4.13. The van der Waals surface area contributed by atoms with Gasteiger partial charge in [0.05, 0.1) is 13.2 Å². The third-order valence-electron chi connectivity index (χ3n) is 4.18. The van der Waals surface area contributed by atoms with E-state index in [-0.39, 0.29) is 6.61 Å². The van der Waals surface area contributed by atoms with Crippen molar-refractivity contribution in [1.82, 2.24) is 19.7 Å². The number of piperidine rings is 1. The molecule has 3 rings (SSSR count). The van der Waals surface area contributed by atoms with Gasteiger partial charge in [-0.1, -0.05) is 0 Å². The highest BCUT2D eigenvalue weighted by molar-refractivity contribution is 5.41. The molecule has 2 aromatic rings. The Labute approximate surface area is 130 Å². The van der Waals surface area contributed by atoms with Gasteiger partial charge in [-0.3, -0.25) is 4.68 Å². The molecule has 118 valence electrons. The molecule has 0 saturated carbocycles. The lowest BCUT2D eigenvalue weighted by atomic mass is 9.94. The SMILES string of the molecule is Cc1cc(N2CCCC(c3ccnn3CCO)C2)nc(C)n1. The molecule has 6 heteroatoms. The topological polar surface area (TPSA) is 67.1 Å². The maximum atomic E-state index is 9.16. The van der Waals surface area contributed by atoms with Gasteiger partial charge in [-0.15, -0.1) is 0 Å². The number of nitrogens with zero attached hydrogens (tertiary/aromatic N) is 5. The molecule has 1 atom stereocenters. The second-order valence-corrected chi connectivity index (χ2v) is 5.90. The molecule has 1 fully saturated rings. The summed E-state index contributed by atoms with van der Waals surface area (Å²) < 4.78 is 1.92. The Balaban J connectivity index is 1.80. The molecule has 3 heterocycles. The van der Waals surface area contributed by atoms with Gasteiger partial charge < -0.3 is 10.0 Å². The van der Waals surface area contributed by atoms with Crippen LogP contribution >= 0.6 is 0 Å². The molecular weight excluding hydrogens is 278 g/mol. The maximum Gasteiger partial charge on any atom is 0.132 e. The van der Waals surface area contributed by atoms with Gasteiger partial charge in [0.2, 0.25) is 0 Å². The highest BCUT2D eigenvalue weighted by atomic mass is 16.3. The van der Waals surface area contributed by atoms with Crippen molar-refractivity contribution in [2.75, 3.05) is 24.6 Å². The Bertz CT molecular complexity index is 619. The largest absolute Gasteiger partial charge is 0.394 e. The molecule has 0 aromatic carbocycles. The van der Waals surface area contributed by atoms with Crippen LogP contribution in [0.4, 0.5) is 5.82 Å². The van der Waals surface area contributed by atoms with Crippen molar-refractivity contribution in [3.8, 4) is 0 Å². The number of aliphatic hydroxyl groups excluding tert-OH is 1. The molecule has 1 saturated heterocycles. The second kappa shape index (κ2) is 6.44. The van der Waals surface area contributed by atoms with Gasteiger partial charge >= 0.3 is 0 Å². The molecule has 0 spiro atoms. The maximum absolute atomic E-state index is 9.16. The molecule has 0 amide bonds. The van der Waals surface area contributed by atoms with E-state index >= 15 is 0 Å². The van der Waals surface area contributed by atoms with Crippen molar-refractivity contribution in [2.45, 2.75) is 39.2 Å². The summed E-state index contributed by atoms with van der Waals surface area (Å²) in [6.07, 6.45) is 4.11. The number of aliphatic hydroxyl groups is 1. The summed E-state index contributed by atoms with van der Waals surface area (Å²) >= 11 is 0. The lowest BCUT2D eigenvalue weighted by Crippen LogP contribution is -2.36. The standard InChI is InChI=1S/C16H23N5O/c1-12-10-16(19-13(2)18-12)20-7-3-4-14(11-20)15-5-6-17-21(15)8-9-22/h5-6,10,14,22H,3-4,7-9,11H2,1-2H3. The van der Waals surface area contributed by atoms with Crippen LogP contribution in [0.2, 0.25) is 0 Å². The summed E-state index contributed by atoms with van der Waals surface area (Å²) in [6.45, 7) is 6.59. The van der Waals surface area contributed by atoms with Gasteiger partial charge in [0, 0.05) is 42.7 Å². The smallest absolute Gasteiger partial charge is 0.132 e. The number of aryl methyl sites for hydroxylation is 2. The van der Waals surface area contributed by atoms with E-state index in [1.54, 1.807) is 0 Å².